The van der Waals surface area contributed by atoms with Gasteiger partial charge in [-0.25, -0.2) is 9.97 Å². The number of aliphatic hydroxyl groups is 2. The van der Waals surface area contributed by atoms with Crippen LogP contribution in [0.2, 0.25) is 25.2 Å². The zero-order chi connectivity index (χ0) is 27.7. The minimum absolute atomic E-state index is 0.00568. The molecule has 1 aliphatic rings. The van der Waals surface area contributed by atoms with Gasteiger partial charge in [-0.1, -0.05) is 70.1 Å². The molecule has 4 atom stereocenters. The van der Waals surface area contributed by atoms with E-state index in [9.17, 15) is 10.2 Å². The Bertz CT molecular complexity index is 1490. The van der Waals surface area contributed by atoms with Crippen molar-refractivity contribution in [1.82, 2.24) is 14.5 Å². The summed E-state index contributed by atoms with van der Waals surface area (Å²) in [5, 5.41) is 25.0. The fourth-order valence-electron chi connectivity index (χ4n) is 4.54. The van der Waals surface area contributed by atoms with Crippen LogP contribution in [-0.2, 0) is 27.4 Å². The van der Waals surface area contributed by atoms with E-state index in [0.717, 1.165) is 5.56 Å². The molecule has 0 amide bonds. The summed E-state index contributed by atoms with van der Waals surface area (Å²) in [5.41, 5.74) is -0.112. The van der Waals surface area contributed by atoms with Crippen LogP contribution >= 0.6 is 58.0 Å². The molecule has 2 N–H and O–H groups in total. The quantitative estimate of drug-likeness (QED) is 0.214. The van der Waals surface area contributed by atoms with Gasteiger partial charge in [0.05, 0.1) is 31.8 Å². The van der Waals surface area contributed by atoms with Crippen LogP contribution in [0.3, 0.4) is 0 Å². The molecule has 1 aliphatic heterocycles. The summed E-state index contributed by atoms with van der Waals surface area (Å²) in [6.07, 6.45) is 0.0275. The normalized spacial score (nSPS) is 23.1. The maximum atomic E-state index is 11.8. The predicted octanol–water partition coefficient (Wildman–Crippen LogP) is 6.12. The highest BCUT2D eigenvalue weighted by Gasteiger charge is 2.57. The number of aliphatic hydroxyl groups excluding tert-OH is 1. The monoisotopic (exact) mass is 631 g/mol. The first kappa shape index (κ1) is 28.8. The summed E-state index contributed by atoms with van der Waals surface area (Å²) in [5.74, 6) is 0. The van der Waals surface area contributed by atoms with Crippen molar-refractivity contribution < 1.29 is 24.4 Å². The highest BCUT2D eigenvalue weighted by molar-refractivity contribution is 6.35. The number of hydrogen-bond donors (Lipinski definition) is 2. The van der Waals surface area contributed by atoms with Gasteiger partial charge >= 0.3 is 0 Å². The van der Waals surface area contributed by atoms with E-state index in [1.54, 1.807) is 53.2 Å². The number of aromatic nitrogens is 3. The van der Waals surface area contributed by atoms with E-state index < -0.39 is 30.6 Å². The molecule has 1 fully saturated rings. The van der Waals surface area contributed by atoms with Crippen LogP contribution in [0.15, 0.2) is 55.0 Å². The van der Waals surface area contributed by atoms with E-state index in [1.807, 2.05) is 0 Å². The Hall–Kier alpha value is -1.69. The predicted molar refractivity (Wildman–Crippen MR) is 150 cm³/mol. The smallest absolute Gasteiger partial charge is 0.169 e. The number of fused-ring (bicyclic) bond motifs is 1. The van der Waals surface area contributed by atoms with Crippen molar-refractivity contribution in [3.8, 4) is 0 Å². The van der Waals surface area contributed by atoms with Crippen LogP contribution in [0, 0.1) is 0 Å². The van der Waals surface area contributed by atoms with Gasteiger partial charge in [0.1, 0.15) is 29.3 Å². The average molecular weight is 634 g/mol. The molecule has 13 heteroatoms. The molecule has 5 rings (SSSR count). The molecule has 0 saturated carbocycles. The van der Waals surface area contributed by atoms with Gasteiger partial charge in [-0.2, -0.15) is 0 Å². The van der Waals surface area contributed by atoms with Crippen molar-refractivity contribution in [3.05, 3.63) is 91.4 Å². The molecule has 2 aromatic heterocycles. The highest BCUT2D eigenvalue weighted by atomic mass is 35.5. The van der Waals surface area contributed by atoms with Crippen molar-refractivity contribution in [2.75, 3.05) is 13.2 Å². The lowest BCUT2D eigenvalue weighted by molar-refractivity contribution is -0.148. The summed E-state index contributed by atoms with van der Waals surface area (Å²) in [4.78, 5) is 8.29. The second-order valence-electron chi connectivity index (χ2n) is 9.02. The molecule has 1 unspecified atom stereocenters. The van der Waals surface area contributed by atoms with Crippen molar-refractivity contribution >= 4 is 69.0 Å². The number of rotatable bonds is 9. The first-order chi connectivity index (χ1) is 18.7. The minimum Gasteiger partial charge on any atom is -0.393 e. The first-order valence-electron chi connectivity index (χ1n) is 11.7. The van der Waals surface area contributed by atoms with Crippen molar-refractivity contribution in [2.45, 2.75) is 37.3 Å². The van der Waals surface area contributed by atoms with Crippen LogP contribution in [0.1, 0.15) is 17.4 Å². The molecule has 1 saturated heterocycles. The summed E-state index contributed by atoms with van der Waals surface area (Å²) >= 11 is 30.9. The molecule has 206 valence electrons. The molecule has 3 heterocycles. The van der Waals surface area contributed by atoms with Crippen LogP contribution in [0.25, 0.3) is 11.0 Å². The lowest BCUT2D eigenvalue weighted by atomic mass is 9.94. The van der Waals surface area contributed by atoms with E-state index in [1.165, 1.54) is 6.33 Å². The van der Waals surface area contributed by atoms with Crippen LogP contribution < -0.4 is 0 Å². The van der Waals surface area contributed by atoms with E-state index in [2.05, 4.69) is 9.97 Å². The molecule has 2 aromatic carbocycles. The Balaban J connectivity index is 1.43. The molecule has 0 radical (unpaired) electrons. The average Bonchev–Trinajstić information content (AvgIpc) is 3.45. The zero-order valence-corrected chi connectivity index (χ0v) is 23.9. The molecular weight excluding hydrogens is 612 g/mol. The lowest BCUT2D eigenvalue weighted by Gasteiger charge is -2.32. The van der Waals surface area contributed by atoms with E-state index in [-0.39, 0.29) is 25.0 Å². The van der Waals surface area contributed by atoms with Gasteiger partial charge in [0, 0.05) is 26.3 Å². The molecule has 39 heavy (non-hydrogen) atoms. The van der Waals surface area contributed by atoms with E-state index in [0.29, 0.717) is 36.7 Å². The molecular formula is C26H22Cl5N3O5. The minimum atomic E-state index is -1.89. The lowest BCUT2D eigenvalue weighted by Crippen LogP contribution is -2.51. The van der Waals surface area contributed by atoms with Crippen molar-refractivity contribution in [2.24, 2.45) is 0 Å². The highest BCUT2D eigenvalue weighted by Crippen LogP contribution is 2.42. The van der Waals surface area contributed by atoms with Gasteiger partial charge in [-0.05, 0) is 41.5 Å². The van der Waals surface area contributed by atoms with Gasteiger partial charge in [-0.3, -0.25) is 0 Å². The number of benzene rings is 2. The Morgan fingerprint density at radius 1 is 0.923 bits per heavy atom. The third-order valence-electron chi connectivity index (χ3n) is 6.52. The SMILES string of the molecule is OC[C@]1(O)C(n2ccc3c(Cl)ncnc32)O[C@H](COCc2ccc(Cl)cc2Cl)[C@H]1OCc1ccc(Cl)cc1Cl. The second-order valence-corrected chi connectivity index (χ2v) is 11.1. The van der Waals surface area contributed by atoms with E-state index in [4.69, 9.17) is 72.2 Å². The second kappa shape index (κ2) is 12.0. The van der Waals surface area contributed by atoms with Crippen LogP contribution in [0.5, 0.6) is 0 Å². The Morgan fingerprint density at radius 2 is 1.59 bits per heavy atom. The summed E-state index contributed by atoms with van der Waals surface area (Å²) in [6.45, 7) is -0.511. The van der Waals surface area contributed by atoms with Crippen LogP contribution in [-0.4, -0.2) is 55.8 Å². The van der Waals surface area contributed by atoms with Gasteiger partial charge in [0.25, 0.3) is 0 Å². The first-order valence-corrected chi connectivity index (χ1v) is 13.6. The Morgan fingerprint density at radius 3 is 2.23 bits per heavy atom. The van der Waals surface area contributed by atoms with Gasteiger partial charge < -0.3 is 29.0 Å². The van der Waals surface area contributed by atoms with Gasteiger partial charge in [-0.15, -0.1) is 0 Å². The fraction of sp³-hybridized carbons (Fsp3) is 0.308. The molecule has 0 bridgehead atoms. The van der Waals surface area contributed by atoms with E-state index >= 15 is 0 Å². The standard InChI is InChI=1S/C26H22Cl5N3O5/c27-16-3-1-14(19(29)7-16)9-37-11-21-22(38-10-15-2-4-17(28)8-20(15)30)26(36,12-35)25(39-21)34-6-5-18-23(31)32-13-33-24(18)34/h1-8,13,21-22,25,35-36H,9-12H2/t21-,22-,25?,26-/m1/s1. The summed E-state index contributed by atoms with van der Waals surface area (Å²) < 4.78 is 20.0. The van der Waals surface area contributed by atoms with Crippen molar-refractivity contribution in [1.29, 1.82) is 0 Å². The fourth-order valence-corrected chi connectivity index (χ4v) is 5.66. The molecule has 8 nitrogen and oxygen atoms in total. The van der Waals surface area contributed by atoms with Crippen LogP contribution in [0.4, 0.5) is 0 Å². The van der Waals surface area contributed by atoms with Crippen molar-refractivity contribution in [3.63, 3.8) is 0 Å². The largest absolute Gasteiger partial charge is 0.393 e. The van der Waals surface area contributed by atoms with Gasteiger partial charge in [0.15, 0.2) is 11.8 Å². The molecule has 4 aromatic rings. The topological polar surface area (TPSA) is 98.9 Å². The Labute approximate surface area is 248 Å². The number of nitrogens with zero attached hydrogens (tertiary/aromatic N) is 3. The maximum Gasteiger partial charge on any atom is 0.169 e. The summed E-state index contributed by atoms with van der Waals surface area (Å²) in [7, 11) is 0. The number of hydrogen-bond acceptors (Lipinski definition) is 7. The summed E-state index contributed by atoms with van der Waals surface area (Å²) in [6, 6.07) is 11.8. The molecule has 0 aliphatic carbocycles. The molecule has 0 spiro atoms. The third-order valence-corrected chi connectivity index (χ3v) is 7.99. The number of halogens is 5. The third kappa shape index (κ3) is 5.87. The maximum absolute atomic E-state index is 11.8. The number of ether oxygens (including phenoxy) is 3. The zero-order valence-electron chi connectivity index (χ0n) is 20.1. The Kier molecular flexibility index (Phi) is 8.90. The van der Waals surface area contributed by atoms with Gasteiger partial charge in [0.2, 0.25) is 0 Å².